The first-order valence-corrected chi connectivity index (χ1v) is 9.07. The van der Waals surface area contributed by atoms with Crippen molar-refractivity contribution in [3.05, 3.63) is 99.8 Å². The summed E-state index contributed by atoms with van der Waals surface area (Å²) in [5.41, 5.74) is 5.34. The van der Waals surface area contributed by atoms with E-state index in [1.807, 2.05) is 35.4 Å². The molecule has 1 atom stereocenters. The molecular weight excluding hydrogens is 344 g/mol. The standard InChI is InChI=1S/C22H19ClN2O/c1-15-7-8-20-16(12-15)9-11-25(21(20)18-5-3-10-24-14-18)22(26)17-4-2-6-19(23)13-17/h2-8,10,12-14,21H,9,11H2,1H3. The summed E-state index contributed by atoms with van der Waals surface area (Å²) in [5, 5.41) is 0.571. The zero-order chi connectivity index (χ0) is 18.1. The van der Waals surface area contributed by atoms with Crippen molar-refractivity contribution in [2.45, 2.75) is 19.4 Å². The maximum Gasteiger partial charge on any atom is 0.254 e. The molecule has 1 aliphatic rings. The van der Waals surface area contributed by atoms with Gasteiger partial charge in [-0.25, -0.2) is 0 Å². The molecule has 3 aromatic rings. The molecule has 1 aromatic heterocycles. The lowest BCUT2D eigenvalue weighted by atomic mass is 9.87. The van der Waals surface area contributed by atoms with Gasteiger partial charge in [-0.3, -0.25) is 9.78 Å². The number of hydrogen-bond donors (Lipinski definition) is 0. The van der Waals surface area contributed by atoms with Crippen LogP contribution in [0.4, 0.5) is 0 Å². The van der Waals surface area contributed by atoms with E-state index in [1.54, 1.807) is 18.3 Å². The quantitative estimate of drug-likeness (QED) is 0.654. The summed E-state index contributed by atoms with van der Waals surface area (Å²) in [6.07, 6.45) is 4.45. The summed E-state index contributed by atoms with van der Waals surface area (Å²) in [5.74, 6) is -0.00687. The maximum absolute atomic E-state index is 13.3. The number of halogens is 1. The minimum Gasteiger partial charge on any atom is -0.327 e. The monoisotopic (exact) mass is 362 g/mol. The molecule has 1 aliphatic heterocycles. The van der Waals surface area contributed by atoms with Crippen molar-refractivity contribution in [3.63, 3.8) is 0 Å². The van der Waals surface area contributed by atoms with Crippen molar-refractivity contribution in [1.82, 2.24) is 9.88 Å². The van der Waals surface area contributed by atoms with Gasteiger partial charge >= 0.3 is 0 Å². The van der Waals surface area contributed by atoms with Gasteiger partial charge in [-0.05, 0) is 54.3 Å². The Kier molecular flexibility index (Phi) is 4.48. The van der Waals surface area contributed by atoms with Crippen LogP contribution in [0.2, 0.25) is 5.02 Å². The molecule has 0 spiro atoms. The van der Waals surface area contributed by atoms with Gasteiger partial charge in [-0.2, -0.15) is 0 Å². The molecule has 4 rings (SSSR count). The van der Waals surface area contributed by atoms with E-state index in [1.165, 1.54) is 16.7 Å². The minimum atomic E-state index is -0.139. The van der Waals surface area contributed by atoms with E-state index in [4.69, 9.17) is 11.6 Å². The number of fused-ring (bicyclic) bond motifs is 1. The van der Waals surface area contributed by atoms with Gasteiger partial charge in [-0.15, -0.1) is 0 Å². The number of pyridine rings is 1. The Balaban J connectivity index is 1.81. The van der Waals surface area contributed by atoms with Crippen LogP contribution in [-0.4, -0.2) is 22.3 Å². The molecule has 0 saturated carbocycles. The Morgan fingerprint density at radius 1 is 1.15 bits per heavy atom. The second kappa shape index (κ2) is 6.93. The van der Waals surface area contributed by atoms with Crippen LogP contribution in [0.25, 0.3) is 0 Å². The zero-order valence-corrected chi connectivity index (χ0v) is 15.3. The molecule has 0 bridgehead atoms. The molecule has 2 aromatic carbocycles. The summed E-state index contributed by atoms with van der Waals surface area (Å²) in [6.45, 7) is 2.77. The Labute approximate surface area is 158 Å². The Morgan fingerprint density at radius 3 is 2.81 bits per heavy atom. The fourth-order valence-corrected chi connectivity index (χ4v) is 3.85. The highest BCUT2D eigenvalue weighted by Crippen LogP contribution is 2.36. The average Bonchev–Trinajstić information content (AvgIpc) is 2.67. The maximum atomic E-state index is 13.3. The van der Waals surface area contributed by atoms with Gasteiger partial charge in [0.2, 0.25) is 0 Å². The van der Waals surface area contributed by atoms with Gasteiger partial charge in [0, 0.05) is 29.5 Å². The number of nitrogens with zero attached hydrogens (tertiary/aromatic N) is 2. The van der Waals surface area contributed by atoms with E-state index >= 15 is 0 Å². The van der Waals surface area contributed by atoms with Crippen LogP contribution < -0.4 is 0 Å². The van der Waals surface area contributed by atoms with E-state index in [2.05, 4.69) is 30.1 Å². The van der Waals surface area contributed by atoms with E-state index in [9.17, 15) is 4.79 Å². The predicted octanol–water partition coefficient (Wildman–Crippen LogP) is 4.83. The molecule has 1 unspecified atom stereocenters. The summed E-state index contributed by atoms with van der Waals surface area (Å²) >= 11 is 6.10. The Bertz CT molecular complexity index is 955. The van der Waals surface area contributed by atoms with Gasteiger partial charge in [0.1, 0.15) is 0 Å². The molecule has 0 N–H and O–H groups in total. The number of hydrogen-bond acceptors (Lipinski definition) is 2. The van der Waals surface area contributed by atoms with Crippen molar-refractivity contribution in [2.24, 2.45) is 0 Å². The highest BCUT2D eigenvalue weighted by molar-refractivity contribution is 6.30. The molecule has 2 heterocycles. The average molecular weight is 363 g/mol. The number of carbonyl (C=O) groups is 1. The number of rotatable bonds is 2. The molecule has 0 aliphatic carbocycles. The van der Waals surface area contributed by atoms with Crippen molar-refractivity contribution >= 4 is 17.5 Å². The second-order valence-electron chi connectivity index (χ2n) is 6.65. The van der Waals surface area contributed by atoms with Crippen LogP contribution in [-0.2, 0) is 6.42 Å². The van der Waals surface area contributed by atoms with Crippen LogP contribution in [0.3, 0.4) is 0 Å². The van der Waals surface area contributed by atoms with E-state index in [0.717, 1.165) is 12.0 Å². The molecule has 1 amide bonds. The van der Waals surface area contributed by atoms with Crippen LogP contribution in [0.5, 0.6) is 0 Å². The molecule has 0 saturated heterocycles. The van der Waals surface area contributed by atoms with Crippen LogP contribution >= 0.6 is 11.6 Å². The first kappa shape index (κ1) is 16.8. The molecule has 26 heavy (non-hydrogen) atoms. The van der Waals surface area contributed by atoms with Crippen molar-refractivity contribution in [2.75, 3.05) is 6.54 Å². The first-order valence-electron chi connectivity index (χ1n) is 8.69. The highest BCUT2D eigenvalue weighted by atomic mass is 35.5. The molecule has 3 nitrogen and oxygen atoms in total. The van der Waals surface area contributed by atoms with Gasteiger partial charge in [0.05, 0.1) is 6.04 Å². The molecular formula is C22H19ClN2O. The van der Waals surface area contributed by atoms with Crippen molar-refractivity contribution in [1.29, 1.82) is 0 Å². The topological polar surface area (TPSA) is 33.2 Å². The van der Waals surface area contributed by atoms with Gasteiger partial charge in [0.15, 0.2) is 0 Å². The number of carbonyl (C=O) groups excluding carboxylic acids is 1. The van der Waals surface area contributed by atoms with Gasteiger partial charge in [0.25, 0.3) is 5.91 Å². The fourth-order valence-electron chi connectivity index (χ4n) is 3.66. The third kappa shape index (κ3) is 3.11. The molecule has 4 heteroatoms. The molecule has 0 radical (unpaired) electrons. The number of benzene rings is 2. The third-order valence-corrected chi connectivity index (χ3v) is 5.09. The second-order valence-corrected chi connectivity index (χ2v) is 7.09. The lowest BCUT2D eigenvalue weighted by Gasteiger charge is -2.38. The summed E-state index contributed by atoms with van der Waals surface area (Å²) in [4.78, 5) is 19.5. The summed E-state index contributed by atoms with van der Waals surface area (Å²) in [6, 6.07) is 17.4. The molecule has 130 valence electrons. The normalized spacial score (nSPS) is 16.2. The summed E-state index contributed by atoms with van der Waals surface area (Å²) < 4.78 is 0. The van der Waals surface area contributed by atoms with Crippen LogP contribution in [0, 0.1) is 6.92 Å². The van der Waals surface area contributed by atoms with Crippen molar-refractivity contribution in [3.8, 4) is 0 Å². The largest absolute Gasteiger partial charge is 0.327 e. The highest BCUT2D eigenvalue weighted by Gasteiger charge is 2.32. The van der Waals surface area contributed by atoms with E-state index < -0.39 is 0 Å². The van der Waals surface area contributed by atoms with E-state index in [-0.39, 0.29) is 11.9 Å². The first-order chi connectivity index (χ1) is 12.6. The lowest BCUT2D eigenvalue weighted by Crippen LogP contribution is -2.40. The SMILES string of the molecule is Cc1ccc2c(c1)CCN(C(=O)c1cccc(Cl)c1)C2c1cccnc1. The fraction of sp³-hybridized carbons (Fsp3) is 0.182. The van der Waals surface area contributed by atoms with Crippen LogP contribution in [0.15, 0.2) is 67.0 Å². The molecule has 0 fully saturated rings. The minimum absolute atomic E-state index is 0.00687. The summed E-state index contributed by atoms with van der Waals surface area (Å²) in [7, 11) is 0. The van der Waals surface area contributed by atoms with Crippen molar-refractivity contribution < 1.29 is 4.79 Å². The van der Waals surface area contributed by atoms with Crippen LogP contribution in [0.1, 0.15) is 38.7 Å². The van der Waals surface area contributed by atoms with Gasteiger partial charge < -0.3 is 4.90 Å². The predicted molar refractivity (Wildman–Crippen MR) is 103 cm³/mol. The number of aryl methyl sites for hydroxylation is 1. The Hall–Kier alpha value is -2.65. The lowest BCUT2D eigenvalue weighted by molar-refractivity contribution is 0.0694. The number of aromatic nitrogens is 1. The smallest absolute Gasteiger partial charge is 0.254 e. The zero-order valence-electron chi connectivity index (χ0n) is 14.5. The third-order valence-electron chi connectivity index (χ3n) is 4.86. The Morgan fingerprint density at radius 2 is 2.04 bits per heavy atom. The van der Waals surface area contributed by atoms with E-state index in [0.29, 0.717) is 17.1 Å². The van der Waals surface area contributed by atoms with Gasteiger partial charge in [-0.1, -0.05) is 47.5 Å². The number of amides is 1.